The number of nitroso groups, excluding NO2 is 1. The van der Waals surface area contributed by atoms with E-state index in [2.05, 4.69) is 15.3 Å². The van der Waals surface area contributed by atoms with Crippen LogP contribution in [0.4, 0.5) is 5.95 Å². The Morgan fingerprint density at radius 2 is 2.40 bits per heavy atom. The average Bonchev–Trinajstić information content (AvgIpc) is 2.34. The molecule has 0 unspecified atom stereocenters. The number of rotatable bonds is 2. The number of carboxylic acid groups (broad SMARTS) is 1. The van der Waals surface area contributed by atoms with Crippen LogP contribution in [-0.2, 0) is 0 Å². The molecule has 1 heterocycles. The summed E-state index contributed by atoms with van der Waals surface area (Å²) >= 11 is 0. The van der Waals surface area contributed by atoms with Gasteiger partial charge in [0.05, 0.1) is 0 Å². The minimum absolute atomic E-state index is 0.394. The van der Waals surface area contributed by atoms with Gasteiger partial charge < -0.3 is 5.11 Å². The number of carboxylic acids is 1. The van der Waals surface area contributed by atoms with E-state index in [4.69, 9.17) is 5.11 Å². The van der Waals surface area contributed by atoms with Crippen LogP contribution in [0.2, 0.25) is 0 Å². The maximum Gasteiger partial charge on any atom is 0.373 e. The maximum absolute atomic E-state index is 10.1. The van der Waals surface area contributed by atoms with Gasteiger partial charge in [-0.05, 0) is 0 Å². The first-order valence-electron chi connectivity index (χ1n) is 2.23. The zero-order chi connectivity index (χ0) is 7.56. The molecule has 7 nitrogen and oxygen atoms in total. The highest BCUT2D eigenvalue weighted by atomic mass is 16.4. The number of hydrogen-bond acceptors (Lipinski definition) is 5. The number of nitrogens with zero attached hydrogens (tertiary/aromatic N) is 3. The number of aromatic carboxylic acids is 1. The lowest BCUT2D eigenvalue weighted by atomic mass is 10.6. The zero-order valence-electron chi connectivity index (χ0n) is 4.61. The molecule has 1 aromatic rings. The fourth-order valence-corrected chi connectivity index (χ4v) is 0.389. The van der Waals surface area contributed by atoms with Gasteiger partial charge in [0, 0.05) is 5.18 Å². The Labute approximate surface area is 54.1 Å². The van der Waals surface area contributed by atoms with E-state index in [0.717, 1.165) is 0 Å². The van der Waals surface area contributed by atoms with Crippen LogP contribution in [0.5, 0.6) is 0 Å². The molecule has 0 atom stereocenters. The SMILES string of the molecule is O=Nc1n[nH]c(C(=O)O)n1. The molecule has 0 aliphatic rings. The second-order valence-electron chi connectivity index (χ2n) is 1.38. The second kappa shape index (κ2) is 2.21. The normalized spacial score (nSPS) is 9.20. The molecule has 0 radical (unpaired) electrons. The molecule has 0 amide bonds. The van der Waals surface area contributed by atoms with Crippen LogP contribution in [0.25, 0.3) is 0 Å². The van der Waals surface area contributed by atoms with E-state index in [0.29, 0.717) is 0 Å². The molecule has 0 aliphatic heterocycles. The molecule has 0 aliphatic carbocycles. The Morgan fingerprint density at radius 3 is 2.70 bits per heavy atom. The predicted octanol–water partition coefficient (Wildman–Crippen LogP) is -0.0992. The lowest BCUT2D eigenvalue weighted by Gasteiger charge is -1.77. The third-order valence-electron chi connectivity index (χ3n) is 0.758. The van der Waals surface area contributed by atoms with Crippen LogP contribution in [-0.4, -0.2) is 26.3 Å². The van der Waals surface area contributed by atoms with Crippen molar-refractivity contribution >= 4 is 11.9 Å². The van der Waals surface area contributed by atoms with Crippen LogP contribution >= 0.6 is 0 Å². The summed E-state index contributed by atoms with van der Waals surface area (Å²) in [4.78, 5) is 22.9. The lowest BCUT2D eigenvalue weighted by molar-refractivity contribution is 0.0684. The third kappa shape index (κ3) is 0.966. The molecule has 7 heteroatoms. The molecule has 10 heavy (non-hydrogen) atoms. The minimum atomic E-state index is -1.28. The Balaban J connectivity index is 2.98. The van der Waals surface area contributed by atoms with Crippen molar-refractivity contribution in [1.29, 1.82) is 0 Å². The molecular formula is C3H2N4O3. The minimum Gasteiger partial charge on any atom is -0.475 e. The summed E-state index contributed by atoms with van der Waals surface area (Å²) < 4.78 is 0. The number of nitrogens with one attached hydrogen (secondary N) is 1. The van der Waals surface area contributed by atoms with Gasteiger partial charge in [0.1, 0.15) is 0 Å². The molecule has 0 saturated heterocycles. The Hall–Kier alpha value is -1.79. The monoisotopic (exact) mass is 142 g/mol. The highest BCUT2D eigenvalue weighted by Gasteiger charge is 2.08. The molecule has 0 aromatic carbocycles. The molecule has 0 spiro atoms. The van der Waals surface area contributed by atoms with E-state index in [1.54, 1.807) is 0 Å². The second-order valence-corrected chi connectivity index (χ2v) is 1.38. The molecule has 1 rings (SSSR count). The van der Waals surface area contributed by atoms with Gasteiger partial charge in [-0.25, -0.2) is 4.79 Å². The van der Waals surface area contributed by atoms with Gasteiger partial charge >= 0.3 is 11.9 Å². The third-order valence-corrected chi connectivity index (χ3v) is 0.758. The van der Waals surface area contributed by atoms with Gasteiger partial charge in [0.2, 0.25) is 5.82 Å². The fourth-order valence-electron chi connectivity index (χ4n) is 0.389. The van der Waals surface area contributed by atoms with E-state index in [1.165, 1.54) is 0 Å². The number of hydrogen-bond donors (Lipinski definition) is 2. The summed E-state index contributed by atoms with van der Waals surface area (Å²) in [6, 6.07) is 0. The maximum atomic E-state index is 10.1. The predicted molar refractivity (Wildman–Crippen MR) is 28.8 cm³/mol. The van der Waals surface area contributed by atoms with Crippen LogP contribution in [0.3, 0.4) is 0 Å². The van der Waals surface area contributed by atoms with Crippen molar-refractivity contribution in [3.63, 3.8) is 0 Å². The van der Waals surface area contributed by atoms with E-state index < -0.39 is 17.7 Å². The molecule has 2 N–H and O–H groups in total. The number of H-pyrrole nitrogens is 1. The lowest BCUT2D eigenvalue weighted by Crippen LogP contribution is -1.98. The van der Waals surface area contributed by atoms with Crippen LogP contribution in [0, 0.1) is 4.91 Å². The van der Waals surface area contributed by atoms with Crippen LogP contribution in [0.15, 0.2) is 5.18 Å². The van der Waals surface area contributed by atoms with Crippen molar-refractivity contribution in [2.45, 2.75) is 0 Å². The first-order chi connectivity index (χ1) is 4.74. The molecule has 52 valence electrons. The first kappa shape index (κ1) is 6.33. The van der Waals surface area contributed by atoms with Crippen molar-refractivity contribution in [2.24, 2.45) is 5.18 Å². The zero-order valence-corrected chi connectivity index (χ0v) is 4.61. The number of aromatic amines is 1. The summed E-state index contributed by atoms with van der Waals surface area (Å²) in [6.07, 6.45) is 0. The highest BCUT2D eigenvalue weighted by Crippen LogP contribution is 2.00. The van der Waals surface area contributed by atoms with Gasteiger partial charge in [-0.3, -0.25) is 5.10 Å². The Bertz CT molecular complexity index is 266. The molecule has 0 fully saturated rings. The fraction of sp³-hybridized carbons (Fsp3) is 0. The Kier molecular flexibility index (Phi) is 1.40. The Morgan fingerprint density at radius 1 is 1.70 bits per heavy atom. The van der Waals surface area contributed by atoms with E-state index >= 15 is 0 Å². The van der Waals surface area contributed by atoms with E-state index in [1.807, 2.05) is 5.10 Å². The van der Waals surface area contributed by atoms with E-state index in [-0.39, 0.29) is 0 Å². The van der Waals surface area contributed by atoms with Crippen molar-refractivity contribution in [2.75, 3.05) is 0 Å². The van der Waals surface area contributed by atoms with Crippen molar-refractivity contribution in [3.8, 4) is 0 Å². The standard InChI is InChI=1S/C3H2N4O3/c8-2(9)1-4-3(7-10)6-5-1/h(H,8,9)(H,4,5,6). The van der Waals surface area contributed by atoms with E-state index in [9.17, 15) is 9.70 Å². The highest BCUT2D eigenvalue weighted by molar-refractivity contribution is 5.83. The van der Waals surface area contributed by atoms with Crippen molar-refractivity contribution in [3.05, 3.63) is 10.7 Å². The topological polar surface area (TPSA) is 108 Å². The summed E-state index contributed by atoms with van der Waals surface area (Å²) in [5.74, 6) is -2.07. The molecule has 1 aromatic heterocycles. The first-order valence-corrected chi connectivity index (χ1v) is 2.23. The van der Waals surface area contributed by atoms with Gasteiger partial charge in [-0.15, -0.1) is 10.0 Å². The summed E-state index contributed by atoms with van der Waals surface area (Å²) in [5, 5.41) is 15.7. The summed E-state index contributed by atoms with van der Waals surface area (Å²) in [7, 11) is 0. The number of carbonyl (C=O) groups is 1. The van der Waals surface area contributed by atoms with Gasteiger partial charge in [0.15, 0.2) is 0 Å². The smallest absolute Gasteiger partial charge is 0.373 e. The summed E-state index contributed by atoms with van der Waals surface area (Å²) in [5.41, 5.74) is 0. The molecular weight excluding hydrogens is 140 g/mol. The molecule has 0 bridgehead atoms. The van der Waals surface area contributed by atoms with Gasteiger partial charge in [-0.1, -0.05) is 0 Å². The van der Waals surface area contributed by atoms with Crippen LogP contribution in [0.1, 0.15) is 10.6 Å². The number of aromatic nitrogens is 3. The van der Waals surface area contributed by atoms with Crippen molar-refractivity contribution in [1.82, 2.24) is 15.2 Å². The van der Waals surface area contributed by atoms with Gasteiger partial charge in [-0.2, -0.15) is 4.98 Å². The quantitative estimate of drug-likeness (QED) is 0.560. The van der Waals surface area contributed by atoms with Gasteiger partial charge in [0.25, 0.3) is 0 Å². The average molecular weight is 142 g/mol. The largest absolute Gasteiger partial charge is 0.475 e. The summed E-state index contributed by atoms with van der Waals surface area (Å²) in [6.45, 7) is 0. The van der Waals surface area contributed by atoms with Crippen molar-refractivity contribution < 1.29 is 9.90 Å². The molecule has 0 saturated carbocycles. The van der Waals surface area contributed by atoms with Crippen LogP contribution < -0.4 is 0 Å².